The van der Waals surface area contributed by atoms with E-state index in [4.69, 9.17) is 19.9 Å². The topological polar surface area (TPSA) is 73.9 Å². The second kappa shape index (κ2) is 8.46. The second-order valence-corrected chi connectivity index (χ2v) is 5.52. The van der Waals surface area contributed by atoms with Crippen LogP contribution in [0.1, 0.15) is 37.3 Å². The molecule has 0 aromatic heterocycles. The van der Waals surface area contributed by atoms with Crippen LogP contribution in [0.5, 0.6) is 17.2 Å². The predicted molar refractivity (Wildman–Crippen MR) is 88.2 cm³/mol. The van der Waals surface area contributed by atoms with Gasteiger partial charge in [-0.3, -0.25) is 0 Å². The van der Waals surface area contributed by atoms with Crippen LogP contribution < -0.4 is 19.9 Å². The Morgan fingerprint density at radius 3 is 1.95 bits per heavy atom. The van der Waals surface area contributed by atoms with Crippen LogP contribution in [-0.4, -0.2) is 32.5 Å². The normalized spacial score (nSPS) is 17.5. The molecule has 126 valence electrons. The van der Waals surface area contributed by atoms with Crippen molar-refractivity contribution < 1.29 is 19.3 Å². The minimum atomic E-state index is -0.546. The highest BCUT2D eigenvalue weighted by atomic mass is 35.5. The van der Waals surface area contributed by atoms with Gasteiger partial charge in [-0.25, -0.2) is 0 Å². The Labute approximate surface area is 138 Å². The number of methoxy groups -OCH3 is 3. The third-order valence-corrected chi connectivity index (χ3v) is 4.32. The highest BCUT2D eigenvalue weighted by Gasteiger charge is 2.30. The molecule has 1 aliphatic carbocycles. The van der Waals surface area contributed by atoms with Gasteiger partial charge in [0, 0.05) is 0 Å². The number of hydrogen-bond acceptors (Lipinski definition) is 5. The van der Waals surface area contributed by atoms with Gasteiger partial charge in [0.25, 0.3) is 0 Å². The van der Waals surface area contributed by atoms with Gasteiger partial charge in [0.05, 0.1) is 33.5 Å². The molecule has 2 rings (SSSR count). The highest BCUT2D eigenvalue weighted by molar-refractivity contribution is 5.85. The number of ether oxygens (including phenoxy) is 3. The van der Waals surface area contributed by atoms with Gasteiger partial charge in [-0.1, -0.05) is 12.8 Å². The Morgan fingerprint density at radius 1 is 1.05 bits per heavy atom. The van der Waals surface area contributed by atoms with Crippen molar-refractivity contribution in [2.24, 2.45) is 11.7 Å². The largest absolute Gasteiger partial charge is 0.493 e. The number of aliphatic hydroxyl groups is 1. The third-order valence-electron chi connectivity index (χ3n) is 4.32. The lowest BCUT2D eigenvalue weighted by molar-refractivity contribution is 0.0843. The molecule has 0 radical (unpaired) electrons. The van der Waals surface area contributed by atoms with E-state index in [-0.39, 0.29) is 18.3 Å². The fourth-order valence-electron chi connectivity index (χ4n) is 3.08. The highest BCUT2D eigenvalue weighted by Crippen LogP contribution is 2.41. The van der Waals surface area contributed by atoms with Gasteiger partial charge in [-0.2, -0.15) is 0 Å². The molecule has 0 spiro atoms. The van der Waals surface area contributed by atoms with E-state index in [9.17, 15) is 5.11 Å². The first-order valence-corrected chi connectivity index (χ1v) is 7.36. The minimum Gasteiger partial charge on any atom is -0.493 e. The maximum atomic E-state index is 10.5. The molecule has 0 aliphatic heterocycles. The van der Waals surface area contributed by atoms with Crippen molar-refractivity contribution in [1.82, 2.24) is 0 Å². The van der Waals surface area contributed by atoms with Gasteiger partial charge in [-0.15, -0.1) is 12.4 Å². The number of hydrogen-bond donors (Lipinski definition) is 2. The fraction of sp³-hybridized carbons (Fsp3) is 0.625. The third kappa shape index (κ3) is 3.77. The molecule has 22 heavy (non-hydrogen) atoms. The first kappa shape index (κ1) is 18.9. The number of nitrogens with two attached hydrogens (primary N) is 1. The van der Waals surface area contributed by atoms with Gasteiger partial charge in [0.2, 0.25) is 5.75 Å². The average Bonchev–Trinajstić information content (AvgIpc) is 3.06. The fourth-order valence-corrected chi connectivity index (χ4v) is 3.08. The summed E-state index contributed by atoms with van der Waals surface area (Å²) in [6.07, 6.45) is 3.88. The van der Waals surface area contributed by atoms with E-state index in [1.807, 2.05) is 12.1 Å². The zero-order valence-electron chi connectivity index (χ0n) is 13.4. The molecule has 0 unspecified atom stereocenters. The van der Waals surface area contributed by atoms with E-state index in [2.05, 4.69) is 0 Å². The van der Waals surface area contributed by atoms with Crippen molar-refractivity contribution in [3.05, 3.63) is 17.7 Å². The summed E-state index contributed by atoms with van der Waals surface area (Å²) in [7, 11) is 4.70. The van der Waals surface area contributed by atoms with Crippen LogP contribution in [-0.2, 0) is 0 Å². The smallest absolute Gasteiger partial charge is 0.203 e. The SMILES string of the molecule is COc1cc([C@@H](N)[C@@H](O)C2CCCC2)cc(OC)c1OC.Cl. The summed E-state index contributed by atoms with van der Waals surface area (Å²) in [4.78, 5) is 0. The molecule has 6 heteroatoms. The van der Waals surface area contributed by atoms with E-state index in [1.54, 1.807) is 21.3 Å². The van der Waals surface area contributed by atoms with Crippen LogP contribution in [0.15, 0.2) is 12.1 Å². The number of halogens is 1. The molecule has 3 N–H and O–H groups in total. The van der Waals surface area contributed by atoms with Crippen molar-refractivity contribution in [2.75, 3.05) is 21.3 Å². The zero-order valence-corrected chi connectivity index (χ0v) is 14.2. The molecule has 1 aliphatic rings. The molecule has 5 nitrogen and oxygen atoms in total. The summed E-state index contributed by atoms with van der Waals surface area (Å²) in [5.41, 5.74) is 7.05. The van der Waals surface area contributed by atoms with Crippen molar-refractivity contribution in [3.63, 3.8) is 0 Å². The number of benzene rings is 1. The number of rotatable bonds is 6. The predicted octanol–water partition coefficient (Wildman–Crippen LogP) is 2.69. The lowest BCUT2D eigenvalue weighted by atomic mass is 9.90. The lowest BCUT2D eigenvalue weighted by Gasteiger charge is -2.25. The molecule has 1 fully saturated rings. The van der Waals surface area contributed by atoms with E-state index in [0.717, 1.165) is 18.4 Å². The van der Waals surface area contributed by atoms with Crippen LogP contribution in [0.4, 0.5) is 0 Å². The molecule has 0 saturated heterocycles. The second-order valence-electron chi connectivity index (χ2n) is 5.52. The van der Waals surface area contributed by atoms with Crippen LogP contribution in [0.3, 0.4) is 0 Å². The Kier molecular flexibility index (Phi) is 7.26. The Bertz CT molecular complexity index is 452. The van der Waals surface area contributed by atoms with Crippen molar-refractivity contribution in [2.45, 2.75) is 37.8 Å². The van der Waals surface area contributed by atoms with Crippen LogP contribution in [0.25, 0.3) is 0 Å². The summed E-state index contributed by atoms with van der Waals surface area (Å²) >= 11 is 0. The monoisotopic (exact) mass is 331 g/mol. The van der Waals surface area contributed by atoms with Crippen LogP contribution in [0.2, 0.25) is 0 Å². The minimum absolute atomic E-state index is 0. The molecule has 1 aromatic carbocycles. The quantitative estimate of drug-likeness (QED) is 0.838. The maximum absolute atomic E-state index is 10.5. The van der Waals surface area contributed by atoms with E-state index >= 15 is 0 Å². The molecule has 0 bridgehead atoms. The van der Waals surface area contributed by atoms with Crippen molar-refractivity contribution in [3.8, 4) is 17.2 Å². The lowest BCUT2D eigenvalue weighted by Crippen LogP contribution is -2.32. The summed E-state index contributed by atoms with van der Waals surface area (Å²) in [5.74, 6) is 1.92. The summed E-state index contributed by atoms with van der Waals surface area (Å²) < 4.78 is 16.0. The average molecular weight is 332 g/mol. The maximum Gasteiger partial charge on any atom is 0.203 e. The Hall–Kier alpha value is -1.17. The van der Waals surface area contributed by atoms with Gasteiger partial charge < -0.3 is 25.1 Å². The molecule has 2 atom stereocenters. The molecule has 0 amide bonds. The van der Waals surface area contributed by atoms with Crippen LogP contribution in [0, 0.1) is 5.92 Å². The molecule has 1 saturated carbocycles. The first-order valence-electron chi connectivity index (χ1n) is 7.36. The van der Waals surface area contributed by atoms with Gasteiger partial charge >= 0.3 is 0 Å². The first-order chi connectivity index (χ1) is 10.1. The zero-order chi connectivity index (χ0) is 15.4. The number of aliphatic hydroxyl groups excluding tert-OH is 1. The van der Waals surface area contributed by atoms with Crippen LogP contribution >= 0.6 is 12.4 Å². The van der Waals surface area contributed by atoms with E-state index < -0.39 is 12.1 Å². The summed E-state index contributed by atoms with van der Waals surface area (Å²) in [6.45, 7) is 0. The molecule has 0 heterocycles. The Morgan fingerprint density at radius 2 is 1.55 bits per heavy atom. The van der Waals surface area contributed by atoms with Gasteiger partial charge in [0.1, 0.15) is 0 Å². The van der Waals surface area contributed by atoms with E-state index in [1.165, 1.54) is 12.8 Å². The molecule has 1 aromatic rings. The summed E-state index contributed by atoms with van der Waals surface area (Å²) in [6, 6.07) is 3.16. The van der Waals surface area contributed by atoms with Crippen molar-refractivity contribution >= 4 is 12.4 Å². The van der Waals surface area contributed by atoms with Crippen molar-refractivity contribution in [1.29, 1.82) is 0 Å². The van der Waals surface area contributed by atoms with E-state index in [0.29, 0.717) is 17.2 Å². The molecular formula is C16H26ClNO4. The van der Waals surface area contributed by atoms with Gasteiger partial charge in [-0.05, 0) is 36.5 Å². The Balaban J connectivity index is 0.00000242. The van der Waals surface area contributed by atoms with Gasteiger partial charge in [0.15, 0.2) is 11.5 Å². The molecular weight excluding hydrogens is 306 g/mol. The summed E-state index contributed by atoms with van der Waals surface area (Å²) in [5, 5.41) is 10.5. The standard InChI is InChI=1S/C16H25NO4.ClH/c1-19-12-8-11(9-13(20-2)16(12)21-3)14(17)15(18)10-6-4-5-7-10;/h8-10,14-15,18H,4-7,17H2,1-3H3;1H/t14-,15+;/m1./s1.